The highest BCUT2D eigenvalue weighted by molar-refractivity contribution is 9.09. The molecule has 0 saturated heterocycles. The average Bonchev–Trinajstić information content (AvgIpc) is 2.67. The van der Waals surface area contributed by atoms with Crippen LogP contribution in [0.2, 0.25) is 8.67 Å². The van der Waals surface area contributed by atoms with Crippen LogP contribution < -0.4 is 4.74 Å². The van der Waals surface area contributed by atoms with Crippen LogP contribution in [-0.4, -0.2) is 7.11 Å². The maximum absolute atomic E-state index is 13.9. The molecule has 0 saturated carbocycles. The highest BCUT2D eigenvalue weighted by Gasteiger charge is 2.24. The fraction of sp³-hybridized carbons (Fsp3) is 0.167. The normalized spacial score (nSPS) is 12.5. The van der Waals surface area contributed by atoms with Gasteiger partial charge in [-0.15, -0.1) is 11.3 Å². The van der Waals surface area contributed by atoms with Gasteiger partial charge in [0.15, 0.2) is 0 Å². The number of thiophene rings is 1. The van der Waals surface area contributed by atoms with Gasteiger partial charge >= 0.3 is 0 Å². The molecule has 2 rings (SSSR count). The first-order valence-corrected chi connectivity index (χ1v) is 7.54. The first-order chi connectivity index (χ1) is 8.93. The second-order valence-corrected chi connectivity index (χ2v) is 6.85. The molecule has 0 fully saturated rings. The van der Waals surface area contributed by atoms with Gasteiger partial charge in [0.25, 0.3) is 0 Å². The molecule has 1 atom stereocenters. The van der Waals surface area contributed by atoms with Gasteiger partial charge in [-0.1, -0.05) is 39.1 Å². The summed E-state index contributed by atoms with van der Waals surface area (Å²) >= 11 is 16.2. The molecule has 102 valence electrons. The second kappa shape index (κ2) is 5.95. The summed E-state index contributed by atoms with van der Waals surface area (Å²) in [6.45, 7) is 0. The van der Waals surface area contributed by atoms with E-state index in [2.05, 4.69) is 15.9 Å². The number of methoxy groups -OCH3 is 1. The van der Waals surface area contributed by atoms with Crippen LogP contribution in [0.3, 0.4) is 0 Å². The molecule has 19 heavy (non-hydrogen) atoms. The predicted molar refractivity (Wildman–Crippen MR) is 78.0 cm³/mol. The molecule has 0 aliphatic heterocycles. The third kappa shape index (κ3) is 3.05. The van der Waals surface area contributed by atoms with E-state index in [0.29, 0.717) is 14.2 Å². The van der Waals surface area contributed by atoms with Gasteiger partial charge in [0.2, 0.25) is 0 Å². The van der Waals surface area contributed by atoms with Crippen LogP contribution in [-0.2, 0) is 0 Å². The Labute approximate surface area is 131 Å². The summed E-state index contributed by atoms with van der Waals surface area (Å²) in [5.74, 6) is -1.30. The van der Waals surface area contributed by atoms with E-state index in [1.807, 2.05) is 0 Å². The SMILES string of the molecule is COc1cc(F)c(C(Br)c2cc(Cl)sc2Cl)c(F)c1. The van der Waals surface area contributed by atoms with Crippen molar-refractivity contribution in [2.45, 2.75) is 4.83 Å². The van der Waals surface area contributed by atoms with Gasteiger partial charge < -0.3 is 4.74 Å². The van der Waals surface area contributed by atoms with Crippen molar-refractivity contribution in [2.75, 3.05) is 7.11 Å². The van der Waals surface area contributed by atoms with Crippen molar-refractivity contribution in [2.24, 2.45) is 0 Å². The third-order valence-electron chi connectivity index (χ3n) is 2.50. The lowest BCUT2D eigenvalue weighted by Crippen LogP contribution is -2.01. The van der Waals surface area contributed by atoms with Gasteiger partial charge in [0.1, 0.15) is 17.4 Å². The Morgan fingerprint density at radius 2 is 1.79 bits per heavy atom. The van der Waals surface area contributed by atoms with Crippen LogP contribution in [0.1, 0.15) is 16.0 Å². The van der Waals surface area contributed by atoms with Crippen molar-refractivity contribution >= 4 is 50.5 Å². The number of hydrogen-bond donors (Lipinski definition) is 0. The van der Waals surface area contributed by atoms with Crippen molar-refractivity contribution in [3.05, 3.63) is 49.6 Å². The number of benzene rings is 1. The van der Waals surface area contributed by atoms with Crippen LogP contribution in [0.25, 0.3) is 0 Å². The van der Waals surface area contributed by atoms with E-state index in [4.69, 9.17) is 27.9 Å². The summed E-state index contributed by atoms with van der Waals surface area (Å²) in [7, 11) is 1.34. The Morgan fingerprint density at radius 3 is 2.21 bits per heavy atom. The van der Waals surface area contributed by atoms with Crippen molar-refractivity contribution in [1.29, 1.82) is 0 Å². The number of rotatable bonds is 3. The highest BCUT2D eigenvalue weighted by Crippen LogP contribution is 2.43. The minimum atomic E-state index is -0.713. The molecule has 2 aromatic rings. The number of hydrogen-bond acceptors (Lipinski definition) is 2. The molecule has 1 nitrogen and oxygen atoms in total. The molecule has 1 heterocycles. The lowest BCUT2D eigenvalue weighted by molar-refractivity contribution is 0.405. The Balaban J connectivity index is 2.50. The second-order valence-electron chi connectivity index (χ2n) is 3.65. The zero-order valence-corrected chi connectivity index (χ0v) is 13.4. The van der Waals surface area contributed by atoms with Crippen molar-refractivity contribution in [1.82, 2.24) is 0 Å². The molecule has 0 bridgehead atoms. The number of ether oxygens (including phenoxy) is 1. The van der Waals surface area contributed by atoms with Gasteiger partial charge in [0.05, 0.1) is 20.6 Å². The summed E-state index contributed by atoms with van der Waals surface area (Å²) in [5.41, 5.74) is 0.400. The molecule has 7 heteroatoms. The zero-order chi connectivity index (χ0) is 14.2. The van der Waals surface area contributed by atoms with Gasteiger partial charge in [-0.05, 0) is 6.07 Å². The van der Waals surface area contributed by atoms with E-state index in [9.17, 15) is 8.78 Å². The van der Waals surface area contributed by atoms with Crippen molar-refractivity contribution in [3.63, 3.8) is 0 Å². The maximum atomic E-state index is 13.9. The average molecular weight is 388 g/mol. The molecule has 0 radical (unpaired) electrons. The molecule has 1 aromatic heterocycles. The van der Waals surface area contributed by atoms with Crippen LogP contribution in [0, 0.1) is 11.6 Å². The molecule has 0 N–H and O–H groups in total. The van der Waals surface area contributed by atoms with E-state index in [1.165, 1.54) is 7.11 Å². The highest BCUT2D eigenvalue weighted by atomic mass is 79.9. The van der Waals surface area contributed by atoms with E-state index < -0.39 is 16.5 Å². The summed E-state index contributed by atoms with van der Waals surface area (Å²) in [6, 6.07) is 3.82. The molecule has 1 aromatic carbocycles. The fourth-order valence-electron chi connectivity index (χ4n) is 1.60. The summed E-state index contributed by atoms with van der Waals surface area (Å²) in [5, 5.41) is 0. The predicted octanol–water partition coefficient (Wildman–Crippen LogP) is 5.83. The summed E-state index contributed by atoms with van der Waals surface area (Å²) in [4.78, 5) is -0.713. The Bertz CT molecular complexity index is 595. The minimum absolute atomic E-state index is 0.118. The fourth-order valence-corrected chi connectivity index (χ4v) is 4.22. The first-order valence-electron chi connectivity index (χ1n) is 5.05. The number of alkyl halides is 1. The maximum Gasteiger partial charge on any atom is 0.134 e. The molecule has 1 unspecified atom stereocenters. The first kappa shape index (κ1) is 15.0. The van der Waals surface area contributed by atoms with E-state index in [-0.39, 0.29) is 11.3 Å². The molecule has 0 aliphatic rings. The lowest BCUT2D eigenvalue weighted by atomic mass is 10.1. The van der Waals surface area contributed by atoms with Crippen LogP contribution in [0.5, 0.6) is 5.75 Å². The Kier molecular flexibility index (Phi) is 4.71. The van der Waals surface area contributed by atoms with Gasteiger partial charge in [-0.25, -0.2) is 8.78 Å². The quantitative estimate of drug-likeness (QED) is 0.602. The largest absolute Gasteiger partial charge is 0.497 e. The van der Waals surface area contributed by atoms with Crippen molar-refractivity contribution in [3.8, 4) is 5.75 Å². The topological polar surface area (TPSA) is 9.23 Å². The van der Waals surface area contributed by atoms with E-state index >= 15 is 0 Å². The standard InChI is InChI=1S/C12H7BrCl2F2OS/c1-18-5-2-7(16)10(8(17)3-5)11(13)6-4-9(14)19-12(6)15/h2-4,11H,1H3. The zero-order valence-electron chi connectivity index (χ0n) is 9.52. The van der Waals surface area contributed by atoms with E-state index in [1.54, 1.807) is 6.07 Å². The minimum Gasteiger partial charge on any atom is -0.497 e. The van der Waals surface area contributed by atoms with Crippen molar-refractivity contribution < 1.29 is 13.5 Å². The molecular weight excluding hydrogens is 381 g/mol. The van der Waals surface area contributed by atoms with Crippen LogP contribution >= 0.6 is 50.5 Å². The molecule has 0 aliphatic carbocycles. The number of halogens is 5. The molecule has 0 amide bonds. The summed E-state index contributed by atoms with van der Waals surface area (Å²) < 4.78 is 33.6. The third-order valence-corrected chi connectivity index (χ3v) is 4.97. The van der Waals surface area contributed by atoms with Gasteiger partial charge in [-0.3, -0.25) is 0 Å². The van der Waals surface area contributed by atoms with Gasteiger partial charge in [0, 0.05) is 23.3 Å². The van der Waals surface area contributed by atoms with Gasteiger partial charge in [-0.2, -0.15) is 0 Å². The Morgan fingerprint density at radius 1 is 1.21 bits per heavy atom. The monoisotopic (exact) mass is 386 g/mol. The molecular formula is C12H7BrCl2F2OS. The smallest absolute Gasteiger partial charge is 0.134 e. The van der Waals surface area contributed by atoms with E-state index in [0.717, 1.165) is 23.5 Å². The van der Waals surface area contributed by atoms with Crippen LogP contribution in [0.15, 0.2) is 18.2 Å². The van der Waals surface area contributed by atoms with Crippen LogP contribution in [0.4, 0.5) is 8.78 Å². The Hall–Kier alpha value is -0.360. The summed E-state index contributed by atoms with van der Waals surface area (Å²) in [6.07, 6.45) is 0. The molecule has 0 spiro atoms. The lowest BCUT2D eigenvalue weighted by Gasteiger charge is -2.13.